The van der Waals surface area contributed by atoms with E-state index in [0.717, 1.165) is 44.8 Å². The summed E-state index contributed by atoms with van der Waals surface area (Å²) in [6.07, 6.45) is 4.47. The lowest BCUT2D eigenvalue weighted by Crippen LogP contribution is -2.26. The summed E-state index contributed by atoms with van der Waals surface area (Å²) in [6.45, 7) is 4.45. The third-order valence-corrected chi connectivity index (χ3v) is 7.40. The first-order chi connectivity index (χ1) is 11.1. The van der Waals surface area contributed by atoms with Crippen molar-refractivity contribution in [2.75, 3.05) is 18.0 Å². The topological polar surface area (TPSA) is 70.8 Å². The zero-order chi connectivity index (χ0) is 16.4. The van der Waals surface area contributed by atoms with E-state index in [1.165, 1.54) is 10.4 Å². The van der Waals surface area contributed by atoms with Gasteiger partial charge in [0.1, 0.15) is 5.52 Å². The molecule has 5 nitrogen and oxygen atoms in total. The first-order valence-corrected chi connectivity index (χ1v) is 9.68. The number of pyridine rings is 1. The minimum absolute atomic E-state index is 0.662. The Hall–Kier alpha value is -0.960. The van der Waals surface area contributed by atoms with Gasteiger partial charge in [-0.25, -0.2) is 4.98 Å². The molecule has 3 rings (SSSR count). The average Bonchev–Trinajstić information content (AvgIpc) is 3.08. The monoisotopic (exact) mass is 457 g/mol. The number of fused-ring (bicyclic) bond motifs is 1. The molecule has 8 heteroatoms. The Bertz CT molecular complexity index is 780. The molecule has 0 aliphatic heterocycles. The minimum atomic E-state index is 0.662. The fraction of sp³-hybridized carbons (Fsp3) is 0.333. The second-order valence-electron chi connectivity index (χ2n) is 5.25. The smallest absolute Gasteiger partial charge is 0.204 e. The Labute approximate surface area is 155 Å². The molecule has 3 N–H and O–H groups in total. The number of nitrogens with zero attached hydrogens (tertiary/aromatic N) is 3. The van der Waals surface area contributed by atoms with Crippen molar-refractivity contribution in [3.05, 3.63) is 37.2 Å². The molecule has 122 valence electrons. The van der Waals surface area contributed by atoms with E-state index in [1.807, 2.05) is 6.07 Å². The van der Waals surface area contributed by atoms with Crippen LogP contribution in [-0.4, -0.2) is 28.0 Å². The van der Waals surface area contributed by atoms with Crippen molar-refractivity contribution >= 4 is 60.2 Å². The molecular weight excluding hydrogens is 442 g/mol. The molecule has 0 fully saturated rings. The van der Waals surface area contributed by atoms with Gasteiger partial charge in [-0.3, -0.25) is 4.98 Å². The molecule has 0 aliphatic carbocycles. The lowest BCUT2D eigenvalue weighted by Gasteiger charge is -2.21. The number of imidazole rings is 1. The fourth-order valence-electron chi connectivity index (χ4n) is 2.36. The molecule has 3 aromatic rings. The molecule has 3 heterocycles. The summed E-state index contributed by atoms with van der Waals surface area (Å²) in [5.41, 5.74) is 8.84. The predicted octanol–water partition coefficient (Wildman–Crippen LogP) is 4.21. The Balaban J connectivity index is 1.91. The second kappa shape index (κ2) is 7.29. The summed E-state index contributed by atoms with van der Waals surface area (Å²) in [7, 11) is 0. The third-order valence-electron chi connectivity index (χ3n) is 3.67. The van der Waals surface area contributed by atoms with Crippen LogP contribution in [0.1, 0.15) is 16.9 Å². The maximum Gasteiger partial charge on any atom is 0.204 e. The lowest BCUT2D eigenvalue weighted by atomic mass is 10.2. The number of H-pyrrole nitrogens is 1. The van der Waals surface area contributed by atoms with Crippen LogP contribution >= 0.6 is 43.2 Å². The number of rotatable bonds is 6. The van der Waals surface area contributed by atoms with Crippen molar-refractivity contribution in [2.45, 2.75) is 19.9 Å². The summed E-state index contributed by atoms with van der Waals surface area (Å²) < 4.78 is 2.25. The third kappa shape index (κ3) is 3.60. The Morgan fingerprint density at radius 1 is 1.39 bits per heavy atom. The number of halogens is 2. The van der Waals surface area contributed by atoms with E-state index in [0.29, 0.717) is 6.54 Å². The van der Waals surface area contributed by atoms with E-state index >= 15 is 0 Å². The van der Waals surface area contributed by atoms with Gasteiger partial charge in [0.2, 0.25) is 5.95 Å². The highest BCUT2D eigenvalue weighted by atomic mass is 79.9. The van der Waals surface area contributed by atoms with Crippen LogP contribution in [0.5, 0.6) is 0 Å². The van der Waals surface area contributed by atoms with Crippen molar-refractivity contribution in [3.63, 3.8) is 0 Å². The normalized spacial score (nSPS) is 11.3. The first kappa shape index (κ1) is 16.9. The van der Waals surface area contributed by atoms with Crippen LogP contribution in [-0.2, 0) is 6.54 Å². The van der Waals surface area contributed by atoms with Gasteiger partial charge in [-0.2, -0.15) is 0 Å². The van der Waals surface area contributed by atoms with Gasteiger partial charge >= 0.3 is 0 Å². The van der Waals surface area contributed by atoms with E-state index in [1.54, 1.807) is 23.7 Å². The number of thiophene rings is 1. The molecule has 0 spiro atoms. The maximum atomic E-state index is 5.70. The highest BCUT2D eigenvalue weighted by Crippen LogP contribution is 2.37. The maximum absolute atomic E-state index is 5.70. The van der Waals surface area contributed by atoms with Gasteiger partial charge in [0.05, 0.1) is 22.0 Å². The van der Waals surface area contributed by atoms with E-state index in [-0.39, 0.29) is 0 Å². The molecule has 0 aliphatic rings. The summed E-state index contributed by atoms with van der Waals surface area (Å²) >= 11 is 8.96. The number of nitrogens with two attached hydrogens (primary N) is 1. The predicted molar refractivity (Wildman–Crippen MR) is 103 cm³/mol. The fourth-order valence-corrected chi connectivity index (χ4v) is 4.79. The van der Waals surface area contributed by atoms with Gasteiger partial charge in [-0.15, -0.1) is 11.3 Å². The molecule has 3 aromatic heterocycles. The summed E-state index contributed by atoms with van der Waals surface area (Å²) in [4.78, 5) is 15.7. The molecule has 0 radical (unpaired) electrons. The van der Waals surface area contributed by atoms with Gasteiger partial charge in [0.25, 0.3) is 0 Å². The summed E-state index contributed by atoms with van der Waals surface area (Å²) in [5, 5.41) is 0. The Kier molecular flexibility index (Phi) is 5.35. The van der Waals surface area contributed by atoms with Crippen molar-refractivity contribution in [2.24, 2.45) is 5.73 Å². The second-order valence-corrected chi connectivity index (χ2v) is 8.47. The van der Waals surface area contributed by atoms with Gasteiger partial charge in [-0.05, 0) is 63.4 Å². The van der Waals surface area contributed by atoms with Crippen LogP contribution in [0.4, 0.5) is 5.95 Å². The standard InChI is InChI=1S/C15H17Br2N5S/c1-9-12(23-14(17)13(9)16)8-22(6-2-4-18)15-20-10-3-5-19-7-11(10)21-15/h3,5,7H,2,4,6,8,18H2,1H3,(H,20,21). The number of nitrogens with one attached hydrogen (secondary N) is 1. The molecule has 0 amide bonds. The molecule has 0 atom stereocenters. The van der Waals surface area contributed by atoms with Crippen LogP contribution in [0.25, 0.3) is 11.0 Å². The quantitative estimate of drug-likeness (QED) is 0.580. The van der Waals surface area contributed by atoms with Crippen LogP contribution in [0.3, 0.4) is 0 Å². The summed E-state index contributed by atoms with van der Waals surface area (Å²) in [5.74, 6) is 0.862. The number of hydrogen-bond donors (Lipinski definition) is 2. The summed E-state index contributed by atoms with van der Waals surface area (Å²) in [6, 6.07) is 1.94. The van der Waals surface area contributed by atoms with Gasteiger partial charge in [0.15, 0.2) is 0 Å². The highest BCUT2D eigenvalue weighted by Gasteiger charge is 2.17. The lowest BCUT2D eigenvalue weighted by molar-refractivity contribution is 0.723. The SMILES string of the molecule is Cc1c(CN(CCCN)c2nc3cnccc3[nH]2)sc(Br)c1Br. The van der Waals surface area contributed by atoms with E-state index in [2.05, 4.69) is 58.6 Å². The Morgan fingerprint density at radius 2 is 2.22 bits per heavy atom. The Morgan fingerprint density at radius 3 is 2.87 bits per heavy atom. The molecular formula is C15H17Br2N5S. The molecule has 0 saturated heterocycles. The van der Waals surface area contributed by atoms with Crippen LogP contribution in [0.2, 0.25) is 0 Å². The minimum Gasteiger partial charge on any atom is -0.337 e. The van der Waals surface area contributed by atoms with Crippen molar-refractivity contribution in [1.82, 2.24) is 15.0 Å². The van der Waals surface area contributed by atoms with Gasteiger partial charge in [0, 0.05) is 22.1 Å². The molecule has 23 heavy (non-hydrogen) atoms. The molecule has 0 bridgehead atoms. The number of aromatic nitrogens is 3. The van der Waals surface area contributed by atoms with Crippen molar-refractivity contribution in [1.29, 1.82) is 0 Å². The molecule has 0 aromatic carbocycles. The van der Waals surface area contributed by atoms with Gasteiger partial charge < -0.3 is 15.6 Å². The van der Waals surface area contributed by atoms with Crippen LogP contribution < -0.4 is 10.6 Å². The first-order valence-electron chi connectivity index (χ1n) is 7.28. The highest BCUT2D eigenvalue weighted by molar-refractivity contribution is 9.13. The zero-order valence-corrected chi connectivity index (χ0v) is 16.6. The van der Waals surface area contributed by atoms with Crippen LogP contribution in [0, 0.1) is 6.92 Å². The number of anilines is 1. The molecule has 0 unspecified atom stereocenters. The van der Waals surface area contributed by atoms with E-state index in [4.69, 9.17) is 5.73 Å². The molecule has 0 saturated carbocycles. The average molecular weight is 459 g/mol. The number of hydrogen-bond acceptors (Lipinski definition) is 5. The van der Waals surface area contributed by atoms with Crippen molar-refractivity contribution < 1.29 is 0 Å². The van der Waals surface area contributed by atoms with Crippen molar-refractivity contribution in [3.8, 4) is 0 Å². The van der Waals surface area contributed by atoms with Gasteiger partial charge in [-0.1, -0.05) is 0 Å². The zero-order valence-electron chi connectivity index (χ0n) is 12.6. The van der Waals surface area contributed by atoms with E-state index in [9.17, 15) is 0 Å². The van der Waals surface area contributed by atoms with Crippen LogP contribution in [0.15, 0.2) is 26.7 Å². The number of aromatic amines is 1. The largest absolute Gasteiger partial charge is 0.337 e. The van der Waals surface area contributed by atoms with E-state index < -0.39 is 0 Å².